The molecule has 0 radical (unpaired) electrons. The van der Waals surface area contributed by atoms with Crippen LogP contribution in [0.25, 0.3) is 0 Å². The van der Waals surface area contributed by atoms with Crippen LogP contribution in [0.2, 0.25) is 0 Å². The average molecular weight is 390 g/mol. The van der Waals surface area contributed by atoms with Crippen LogP contribution < -0.4 is 5.32 Å². The Kier molecular flexibility index (Phi) is 5.33. The lowest BCUT2D eigenvalue weighted by atomic mass is 9.98. The molecule has 0 saturated carbocycles. The summed E-state index contributed by atoms with van der Waals surface area (Å²) in [4.78, 5) is 29.0. The molecule has 126 valence electrons. The average Bonchev–Trinajstić information content (AvgIpc) is 2.47. The molecule has 8 heteroatoms. The summed E-state index contributed by atoms with van der Waals surface area (Å²) in [6.07, 6.45) is -0.169. The molecule has 0 bridgehead atoms. The summed E-state index contributed by atoms with van der Waals surface area (Å²) in [5.74, 6) is -3.73. The molecule has 0 spiro atoms. The van der Waals surface area contributed by atoms with Gasteiger partial charge in [-0.25, -0.2) is 13.8 Å². The topological polar surface area (TPSA) is 62.3 Å². The molecule has 5 nitrogen and oxygen atoms in total. The van der Waals surface area contributed by atoms with Crippen molar-refractivity contribution >= 4 is 27.7 Å². The molecule has 1 fully saturated rings. The first kappa shape index (κ1) is 17.8. The van der Waals surface area contributed by atoms with Crippen molar-refractivity contribution in [3.63, 3.8) is 0 Å². The second kappa shape index (κ2) is 6.90. The number of amides is 2. The summed E-state index contributed by atoms with van der Waals surface area (Å²) in [6, 6.07) is 2.92. The lowest BCUT2D eigenvalue weighted by Gasteiger charge is -2.39. The van der Waals surface area contributed by atoms with Gasteiger partial charge in [-0.1, -0.05) is 6.07 Å². The summed E-state index contributed by atoms with van der Waals surface area (Å²) in [7, 11) is 0. The first-order chi connectivity index (χ1) is 10.7. The molecule has 1 aliphatic rings. The number of nitrogens with zero attached hydrogens (tertiary/aromatic N) is 2. The Morgan fingerprint density at radius 1 is 1.48 bits per heavy atom. The van der Waals surface area contributed by atoms with E-state index in [1.807, 2.05) is 0 Å². The number of rotatable bonds is 3. The quantitative estimate of drug-likeness (QED) is 0.807. The van der Waals surface area contributed by atoms with E-state index < -0.39 is 24.4 Å². The highest BCUT2D eigenvalue weighted by Crippen LogP contribution is 2.31. The van der Waals surface area contributed by atoms with Crippen molar-refractivity contribution in [3.8, 4) is 0 Å². The molecule has 2 heterocycles. The third kappa shape index (κ3) is 4.46. The van der Waals surface area contributed by atoms with Crippen molar-refractivity contribution in [2.24, 2.45) is 0 Å². The van der Waals surface area contributed by atoms with Crippen LogP contribution in [0.3, 0.4) is 0 Å². The summed E-state index contributed by atoms with van der Waals surface area (Å²) in [6.45, 7) is 2.55. The predicted octanol–water partition coefficient (Wildman–Crippen LogP) is 2.53. The highest BCUT2D eigenvalue weighted by atomic mass is 79.9. The van der Waals surface area contributed by atoms with Crippen LogP contribution >= 0.6 is 15.9 Å². The molecule has 1 aliphatic heterocycles. The van der Waals surface area contributed by atoms with Crippen LogP contribution in [0.5, 0.6) is 0 Å². The number of piperidine rings is 1. The summed E-state index contributed by atoms with van der Waals surface area (Å²) >= 11 is 3.19. The third-order valence-electron chi connectivity index (χ3n) is 3.80. The number of alkyl halides is 2. The molecule has 0 aromatic carbocycles. The van der Waals surface area contributed by atoms with Crippen molar-refractivity contribution < 1.29 is 18.4 Å². The van der Waals surface area contributed by atoms with Gasteiger partial charge < -0.3 is 10.2 Å². The highest BCUT2D eigenvalue weighted by Gasteiger charge is 2.42. The molecule has 2 amide bonds. The zero-order chi connectivity index (χ0) is 17.2. The Labute approximate surface area is 141 Å². The number of hydrogen-bond acceptors (Lipinski definition) is 3. The fourth-order valence-corrected chi connectivity index (χ4v) is 2.87. The van der Waals surface area contributed by atoms with Crippen LogP contribution in [0.1, 0.15) is 35.8 Å². The normalized spacial score (nSPS) is 20.2. The monoisotopic (exact) mass is 389 g/mol. The van der Waals surface area contributed by atoms with Crippen LogP contribution in [0, 0.1) is 6.92 Å². The Balaban J connectivity index is 2.27. The molecule has 1 atom stereocenters. The van der Waals surface area contributed by atoms with Crippen LogP contribution in [0.4, 0.5) is 8.78 Å². The molecule has 23 heavy (non-hydrogen) atoms. The van der Waals surface area contributed by atoms with Crippen molar-refractivity contribution in [3.05, 3.63) is 28.0 Å². The number of aryl methyl sites for hydroxylation is 1. The summed E-state index contributed by atoms with van der Waals surface area (Å²) < 4.78 is 28.0. The third-order valence-corrected chi connectivity index (χ3v) is 4.24. The van der Waals surface area contributed by atoms with E-state index in [-0.39, 0.29) is 31.0 Å². The number of likely N-dealkylation sites (tertiary alicyclic amines) is 1. The van der Waals surface area contributed by atoms with Gasteiger partial charge in [-0.05, 0) is 40.9 Å². The molecule has 0 unspecified atom stereocenters. The van der Waals surface area contributed by atoms with Crippen LogP contribution in [-0.2, 0) is 4.79 Å². The van der Waals surface area contributed by atoms with E-state index in [0.29, 0.717) is 10.2 Å². The van der Waals surface area contributed by atoms with Gasteiger partial charge in [0.15, 0.2) is 0 Å². The highest BCUT2D eigenvalue weighted by molar-refractivity contribution is 9.10. The van der Waals surface area contributed by atoms with Gasteiger partial charge in [0.2, 0.25) is 5.91 Å². The molecule has 1 saturated heterocycles. The summed E-state index contributed by atoms with van der Waals surface area (Å²) in [5, 5.41) is 2.60. The molecular formula is C15H18BrF2N3O2. The largest absolute Gasteiger partial charge is 0.354 e. The van der Waals surface area contributed by atoms with Crippen molar-refractivity contribution in [2.75, 3.05) is 13.1 Å². The maximum atomic E-state index is 13.8. The molecule has 0 aliphatic carbocycles. The number of hydrogen-bond donors (Lipinski definition) is 1. The molecule has 1 aromatic rings. The van der Waals surface area contributed by atoms with E-state index in [2.05, 4.69) is 26.2 Å². The van der Waals surface area contributed by atoms with Gasteiger partial charge in [0.05, 0.1) is 6.54 Å². The first-order valence-corrected chi connectivity index (χ1v) is 8.05. The van der Waals surface area contributed by atoms with Crippen molar-refractivity contribution in [1.82, 2.24) is 15.2 Å². The van der Waals surface area contributed by atoms with E-state index in [1.165, 1.54) is 6.92 Å². The number of carbonyl (C=O) groups is 2. The maximum Gasteiger partial charge on any atom is 0.273 e. The standard InChI is InChI=1S/C15H18BrF2N3O2/c1-9-3-4-12(16)20-13(9)14(23)21-8-15(17,18)6-5-11(21)7-19-10(2)22/h3-4,11H,5-8H2,1-2H3,(H,19,22)/t11-/m1/s1. The van der Waals surface area contributed by atoms with Gasteiger partial charge in [-0.3, -0.25) is 9.59 Å². The second-order valence-electron chi connectivity index (χ2n) is 5.72. The smallest absolute Gasteiger partial charge is 0.273 e. The zero-order valence-electron chi connectivity index (χ0n) is 12.9. The Bertz CT molecular complexity index is 625. The van der Waals surface area contributed by atoms with Gasteiger partial charge in [0.1, 0.15) is 10.3 Å². The molecule has 2 rings (SSSR count). The zero-order valence-corrected chi connectivity index (χ0v) is 14.5. The fourth-order valence-electron chi connectivity index (χ4n) is 2.56. The van der Waals surface area contributed by atoms with E-state index in [1.54, 1.807) is 19.1 Å². The van der Waals surface area contributed by atoms with Gasteiger partial charge in [0.25, 0.3) is 11.8 Å². The van der Waals surface area contributed by atoms with Gasteiger partial charge in [0, 0.05) is 25.9 Å². The minimum absolute atomic E-state index is 0.131. The molecule has 1 aromatic heterocycles. The first-order valence-electron chi connectivity index (χ1n) is 7.26. The minimum Gasteiger partial charge on any atom is -0.354 e. The van der Waals surface area contributed by atoms with Gasteiger partial charge in [-0.2, -0.15) is 0 Å². The minimum atomic E-state index is -2.93. The maximum absolute atomic E-state index is 13.8. The number of aromatic nitrogens is 1. The molecule has 1 N–H and O–H groups in total. The van der Waals surface area contributed by atoms with Gasteiger partial charge >= 0.3 is 0 Å². The van der Waals surface area contributed by atoms with E-state index in [4.69, 9.17) is 0 Å². The Morgan fingerprint density at radius 3 is 2.83 bits per heavy atom. The number of pyridine rings is 1. The lowest BCUT2D eigenvalue weighted by molar-refractivity contribution is -0.119. The SMILES string of the molecule is CC(=O)NC[C@H]1CCC(F)(F)CN1C(=O)c1nc(Br)ccc1C. The van der Waals surface area contributed by atoms with Crippen molar-refractivity contribution in [1.29, 1.82) is 0 Å². The lowest BCUT2D eigenvalue weighted by Crippen LogP contribution is -2.55. The molecular weight excluding hydrogens is 372 g/mol. The predicted molar refractivity (Wildman–Crippen MR) is 84.4 cm³/mol. The fraction of sp³-hybridized carbons (Fsp3) is 0.533. The Hall–Kier alpha value is -1.57. The number of carbonyl (C=O) groups excluding carboxylic acids is 2. The van der Waals surface area contributed by atoms with Gasteiger partial charge in [-0.15, -0.1) is 0 Å². The van der Waals surface area contributed by atoms with E-state index in [9.17, 15) is 18.4 Å². The number of nitrogens with one attached hydrogen (secondary N) is 1. The van der Waals surface area contributed by atoms with Crippen LogP contribution in [0.15, 0.2) is 16.7 Å². The second-order valence-corrected chi connectivity index (χ2v) is 6.53. The summed E-state index contributed by atoms with van der Waals surface area (Å²) in [5.41, 5.74) is 0.760. The van der Waals surface area contributed by atoms with E-state index in [0.717, 1.165) is 4.90 Å². The van der Waals surface area contributed by atoms with Crippen LogP contribution in [-0.4, -0.2) is 46.8 Å². The Morgan fingerprint density at radius 2 is 2.17 bits per heavy atom. The van der Waals surface area contributed by atoms with E-state index >= 15 is 0 Å². The number of halogens is 3. The van der Waals surface area contributed by atoms with Crippen molar-refractivity contribution in [2.45, 2.75) is 38.7 Å².